The van der Waals surface area contributed by atoms with Crippen LogP contribution in [-0.2, 0) is 0 Å². The number of hydrogen-bond acceptors (Lipinski definition) is 2. The lowest BCUT2D eigenvalue weighted by Crippen LogP contribution is -2.54. The Kier molecular flexibility index (Phi) is 4.56. The molecule has 122 valence electrons. The van der Waals surface area contributed by atoms with Gasteiger partial charge in [0.25, 0.3) is 0 Å². The molecule has 5 heteroatoms. The molecule has 2 aromatic carbocycles. The van der Waals surface area contributed by atoms with Crippen molar-refractivity contribution in [3.8, 4) is 5.75 Å². The van der Waals surface area contributed by atoms with E-state index in [2.05, 4.69) is 6.92 Å². The highest BCUT2D eigenvalue weighted by molar-refractivity contribution is 6.36. The van der Waals surface area contributed by atoms with E-state index in [1.807, 2.05) is 12.1 Å². The lowest BCUT2D eigenvalue weighted by Gasteiger charge is -2.40. The van der Waals surface area contributed by atoms with Crippen LogP contribution < -0.4 is 4.65 Å². The Bertz CT molecular complexity index is 705. The summed E-state index contributed by atoms with van der Waals surface area (Å²) in [6.45, 7) is 3.37. The molecule has 1 saturated heterocycles. The number of phenols is 1. The standard InChI is InChI=1S/C18H19Cl2NO2/c1-12-8-9-21(23,18-7-4-14(19)10-17(18)20)11-16(12)13-2-5-15(22)6-3-13/h2-7,10,12,16,23H,8-9,11H2,1H3/p+1. The Balaban J connectivity index is 1.94. The predicted molar refractivity (Wildman–Crippen MR) is 94.4 cm³/mol. The first-order chi connectivity index (χ1) is 10.9. The van der Waals surface area contributed by atoms with Crippen molar-refractivity contribution in [2.45, 2.75) is 19.3 Å². The smallest absolute Gasteiger partial charge is 0.184 e. The largest absolute Gasteiger partial charge is 0.508 e. The van der Waals surface area contributed by atoms with E-state index in [4.69, 9.17) is 23.2 Å². The van der Waals surface area contributed by atoms with Gasteiger partial charge < -0.3 is 5.11 Å². The SMILES string of the molecule is CC1CC[N+](O)(c2ccc(Cl)cc2Cl)CC1c1ccc(O)cc1. The van der Waals surface area contributed by atoms with E-state index in [0.717, 1.165) is 12.0 Å². The molecule has 3 rings (SSSR count). The van der Waals surface area contributed by atoms with E-state index in [-0.39, 0.29) is 16.3 Å². The number of phenolic OH excluding ortho intramolecular Hbond substituents is 1. The number of hydrogen-bond donors (Lipinski definition) is 2. The number of benzene rings is 2. The van der Waals surface area contributed by atoms with Gasteiger partial charge in [-0.3, -0.25) is 0 Å². The highest BCUT2D eigenvalue weighted by atomic mass is 35.5. The third-order valence-corrected chi connectivity index (χ3v) is 5.36. The topological polar surface area (TPSA) is 40.5 Å². The molecular weight excluding hydrogens is 333 g/mol. The predicted octanol–water partition coefficient (Wildman–Crippen LogP) is 5.22. The van der Waals surface area contributed by atoms with Gasteiger partial charge in [0, 0.05) is 23.4 Å². The van der Waals surface area contributed by atoms with Crippen molar-refractivity contribution in [2.24, 2.45) is 5.92 Å². The minimum Gasteiger partial charge on any atom is -0.508 e. The van der Waals surface area contributed by atoms with Crippen LogP contribution in [0.4, 0.5) is 5.69 Å². The summed E-state index contributed by atoms with van der Waals surface area (Å²) in [7, 11) is 0. The van der Waals surface area contributed by atoms with E-state index in [1.54, 1.807) is 30.3 Å². The summed E-state index contributed by atoms with van der Waals surface area (Å²) < 4.78 is -0.189. The molecule has 2 N–H and O–H groups in total. The van der Waals surface area contributed by atoms with E-state index in [0.29, 0.717) is 34.7 Å². The summed E-state index contributed by atoms with van der Waals surface area (Å²) in [6.07, 6.45) is 0.890. The monoisotopic (exact) mass is 352 g/mol. The van der Waals surface area contributed by atoms with Crippen LogP contribution in [0.3, 0.4) is 0 Å². The minimum absolute atomic E-state index is 0.189. The van der Waals surface area contributed by atoms with Gasteiger partial charge in [-0.2, -0.15) is 0 Å². The Labute approximate surface area is 146 Å². The Morgan fingerprint density at radius 2 is 1.78 bits per heavy atom. The van der Waals surface area contributed by atoms with Crippen LogP contribution in [0.5, 0.6) is 5.75 Å². The van der Waals surface area contributed by atoms with Crippen molar-refractivity contribution in [1.29, 1.82) is 0 Å². The number of nitrogens with zero attached hydrogens (tertiary/aromatic N) is 1. The molecule has 0 spiro atoms. The Morgan fingerprint density at radius 1 is 1.09 bits per heavy atom. The maximum absolute atomic E-state index is 11.2. The van der Waals surface area contributed by atoms with Crippen LogP contribution in [0, 0.1) is 5.92 Å². The van der Waals surface area contributed by atoms with Crippen molar-refractivity contribution in [3.05, 3.63) is 58.1 Å². The van der Waals surface area contributed by atoms with Crippen molar-refractivity contribution in [3.63, 3.8) is 0 Å². The first-order valence-electron chi connectivity index (χ1n) is 7.73. The second kappa shape index (κ2) is 6.33. The molecule has 23 heavy (non-hydrogen) atoms. The summed E-state index contributed by atoms with van der Waals surface area (Å²) in [5.74, 6) is 0.896. The van der Waals surface area contributed by atoms with Gasteiger partial charge in [-0.1, -0.05) is 42.3 Å². The van der Waals surface area contributed by atoms with Crippen LogP contribution in [0.1, 0.15) is 24.8 Å². The molecule has 0 aromatic heterocycles. The molecule has 3 nitrogen and oxygen atoms in total. The fourth-order valence-corrected chi connectivity index (χ4v) is 3.97. The molecule has 2 aromatic rings. The average Bonchev–Trinajstić information content (AvgIpc) is 2.51. The molecule has 0 saturated carbocycles. The molecule has 3 atom stereocenters. The molecule has 1 heterocycles. The van der Waals surface area contributed by atoms with E-state index in [9.17, 15) is 10.3 Å². The second-order valence-corrected chi connectivity index (χ2v) is 7.23. The van der Waals surface area contributed by atoms with Crippen LogP contribution >= 0.6 is 23.2 Å². The highest BCUT2D eigenvalue weighted by Gasteiger charge is 2.42. The number of hydroxylamine groups is 2. The normalized spacial score (nSPS) is 27.8. The van der Waals surface area contributed by atoms with E-state index in [1.165, 1.54) is 0 Å². The number of halogens is 2. The minimum atomic E-state index is -0.189. The van der Waals surface area contributed by atoms with Crippen molar-refractivity contribution in [2.75, 3.05) is 13.1 Å². The molecule has 0 amide bonds. The van der Waals surface area contributed by atoms with Crippen LogP contribution in [-0.4, -0.2) is 23.4 Å². The molecule has 3 unspecified atom stereocenters. The van der Waals surface area contributed by atoms with Gasteiger partial charge in [-0.05, 0) is 35.7 Å². The third-order valence-electron chi connectivity index (χ3n) is 4.82. The third kappa shape index (κ3) is 3.33. The summed E-state index contributed by atoms with van der Waals surface area (Å²) in [6, 6.07) is 12.5. The lowest BCUT2D eigenvalue weighted by atomic mass is 9.81. The van der Waals surface area contributed by atoms with Crippen LogP contribution in [0.15, 0.2) is 42.5 Å². The quantitative estimate of drug-likeness (QED) is 0.727. The van der Waals surface area contributed by atoms with Gasteiger partial charge in [0.2, 0.25) is 0 Å². The summed E-state index contributed by atoms with van der Waals surface area (Å²) in [4.78, 5) is 0. The summed E-state index contributed by atoms with van der Waals surface area (Å²) >= 11 is 12.3. The molecule has 0 aliphatic carbocycles. The van der Waals surface area contributed by atoms with Gasteiger partial charge in [0.15, 0.2) is 5.69 Å². The second-order valence-electron chi connectivity index (χ2n) is 6.39. The summed E-state index contributed by atoms with van der Waals surface area (Å²) in [5.41, 5.74) is 1.81. The number of rotatable bonds is 2. The first kappa shape index (κ1) is 16.6. The maximum atomic E-state index is 11.2. The Hall–Kier alpha value is -1.26. The zero-order valence-electron chi connectivity index (χ0n) is 12.9. The molecule has 1 aliphatic heterocycles. The zero-order chi connectivity index (χ0) is 16.6. The van der Waals surface area contributed by atoms with E-state index < -0.39 is 0 Å². The number of quaternary nitrogens is 1. The summed E-state index contributed by atoms with van der Waals surface area (Å²) in [5, 5.41) is 21.7. The lowest BCUT2D eigenvalue weighted by molar-refractivity contribution is -0.106. The van der Waals surface area contributed by atoms with Crippen molar-refractivity contribution in [1.82, 2.24) is 4.65 Å². The average molecular weight is 353 g/mol. The van der Waals surface area contributed by atoms with Gasteiger partial charge in [0.1, 0.15) is 23.9 Å². The van der Waals surface area contributed by atoms with Gasteiger partial charge in [-0.15, -0.1) is 4.65 Å². The van der Waals surface area contributed by atoms with E-state index >= 15 is 0 Å². The molecule has 0 bridgehead atoms. The Morgan fingerprint density at radius 3 is 2.43 bits per heavy atom. The van der Waals surface area contributed by atoms with Crippen molar-refractivity contribution < 1.29 is 10.3 Å². The highest BCUT2D eigenvalue weighted by Crippen LogP contribution is 2.41. The molecule has 1 aliphatic rings. The maximum Gasteiger partial charge on any atom is 0.184 e. The number of piperidine rings is 1. The van der Waals surface area contributed by atoms with Gasteiger partial charge in [-0.25, -0.2) is 5.21 Å². The van der Waals surface area contributed by atoms with Crippen molar-refractivity contribution >= 4 is 28.9 Å². The fraction of sp³-hybridized carbons (Fsp3) is 0.333. The van der Waals surface area contributed by atoms with Crippen LogP contribution in [0.25, 0.3) is 0 Å². The van der Waals surface area contributed by atoms with Gasteiger partial charge in [0.05, 0.1) is 0 Å². The fourth-order valence-electron chi connectivity index (χ4n) is 3.41. The zero-order valence-corrected chi connectivity index (χ0v) is 14.4. The van der Waals surface area contributed by atoms with Crippen LogP contribution in [0.2, 0.25) is 10.0 Å². The molecular formula is C18H20Cl2NO2+. The first-order valence-corrected chi connectivity index (χ1v) is 8.49. The number of aromatic hydroxyl groups is 1. The van der Waals surface area contributed by atoms with Gasteiger partial charge >= 0.3 is 0 Å². The molecule has 1 fully saturated rings. The molecule has 0 radical (unpaired) electrons.